The molecule has 0 saturated heterocycles. The summed E-state index contributed by atoms with van der Waals surface area (Å²) in [6, 6.07) is 15.5. The summed E-state index contributed by atoms with van der Waals surface area (Å²) in [5, 5.41) is 9.12. The van der Waals surface area contributed by atoms with Gasteiger partial charge in [0.25, 0.3) is 0 Å². The van der Waals surface area contributed by atoms with Gasteiger partial charge in [-0.15, -0.1) is 10.2 Å². The van der Waals surface area contributed by atoms with Gasteiger partial charge in [-0.3, -0.25) is 0 Å². The fraction of sp³-hybridized carbons (Fsp3) is 0.304. The number of benzene rings is 2. The standard InChI is InChI=1S/C23H25N3O3S/c1-17(2)22(27)29-16-8-4-3-7-15-28-19-13-11-18(12-14-19)25-26-23-24-20-9-5-6-10-21(20)30-23/h5-6,9-14H,1,3-4,7-8,15-16H2,2H3. The summed E-state index contributed by atoms with van der Waals surface area (Å²) in [6.07, 6.45) is 3.83. The van der Waals surface area contributed by atoms with Gasteiger partial charge in [-0.05, 0) is 69.0 Å². The van der Waals surface area contributed by atoms with Crippen LogP contribution in [0.4, 0.5) is 10.8 Å². The van der Waals surface area contributed by atoms with Crippen molar-refractivity contribution in [3.05, 3.63) is 60.7 Å². The number of para-hydroxylation sites is 1. The first-order valence-corrected chi connectivity index (χ1v) is 10.8. The molecule has 0 unspecified atom stereocenters. The molecule has 156 valence electrons. The van der Waals surface area contributed by atoms with E-state index in [0.29, 0.717) is 23.9 Å². The van der Waals surface area contributed by atoms with Gasteiger partial charge in [0, 0.05) is 5.57 Å². The molecule has 3 rings (SSSR count). The van der Waals surface area contributed by atoms with Crippen LogP contribution in [0.1, 0.15) is 32.6 Å². The van der Waals surface area contributed by atoms with E-state index in [0.717, 1.165) is 47.3 Å². The zero-order valence-corrected chi connectivity index (χ0v) is 17.9. The summed E-state index contributed by atoms with van der Waals surface area (Å²) in [5.41, 5.74) is 2.13. The Labute approximate surface area is 180 Å². The molecule has 0 radical (unpaired) electrons. The maximum absolute atomic E-state index is 11.3. The van der Waals surface area contributed by atoms with E-state index in [1.54, 1.807) is 6.92 Å². The van der Waals surface area contributed by atoms with Crippen LogP contribution in [0.5, 0.6) is 5.75 Å². The van der Waals surface area contributed by atoms with Crippen LogP contribution in [0.25, 0.3) is 10.2 Å². The van der Waals surface area contributed by atoms with Crippen molar-refractivity contribution in [2.45, 2.75) is 32.6 Å². The van der Waals surface area contributed by atoms with Crippen molar-refractivity contribution in [2.75, 3.05) is 13.2 Å². The Bertz CT molecular complexity index is 979. The molecule has 6 nitrogen and oxygen atoms in total. The number of fused-ring (bicyclic) bond motifs is 1. The third kappa shape index (κ3) is 6.77. The Hall–Kier alpha value is -3.06. The largest absolute Gasteiger partial charge is 0.494 e. The number of azo groups is 1. The molecule has 0 aliphatic heterocycles. The van der Waals surface area contributed by atoms with Gasteiger partial charge in [-0.2, -0.15) is 0 Å². The van der Waals surface area contributed by atoms with E-state index in [1.807, 2.05) is 48.5 Å². The lowest BCUT2D eigenvalue weighted by Gasteiger charge is -2.06. The minimum Gasteiger partial charge on any atom is -0.494 e. The van der Waals surface area contributed by atoms with E-state index < -0.39 is 0 Å². The lowest BCUT2D eigenvalue weighted by atomic mass is 10.2. The van der Waals surface area contributed by atoms with Crippen LogP contribution in [0, 0.1) is 0 Å². The van der Waals surface area contributed by atoms with Gasteiger partial charge in [-0.1, -0.05) is 30.0 Å². The zero-order chi connectivity index (χ0) is 21.2. The fourth-order valence-electron chi connectivity index (χ4n) is 2.65. The molecule has 0 fully saturated rings. The third-order valence-corrected chi connectivity index (χ3v) is 5.18. The Balaban J connectivity index is 1.33. The number of hydrogen-bond donors (Lipinski definition) is 0. The first-order chi connectivity index (χ1) is 14.6. The van der Waals surface area contributed by atoms with Crippen LogP contribution in [0.2, 0.25) is 0 Å². The molecule has 7 heteroatoms. The number of aromatic nitrogens is 1. The highest BCUT2D eigenvalue weighted by atomic mass is 32.1. The summed E-state index contributed by atoms with van der Waals surface area (Å²) in [4.78, 5) is 15.7. The number of hydrogen-bond acceptors (Lipinski definition) is 7. The van der Waals surface area contributed by atoms with Crippen LogP contribution in [-0.4, -0.2) is 24.2 Å². The molecule has 0 aliphatic rings. The minimum atomic E-state index is -0.318. The van der Waals surface area contributed by atoms with Crippen LogP contribution < -0.4 is 4.74 Å². The van der Waals surface area contributed by atoms with Crippen molar-refractivity contribution >= 4 is 38.3 Å². The summed E-state index contributed by atoms with van der Waals surface area (Å²) < 4.78 is 11.9. The number of thiazole rings is 1. The topological polar surface area (TPSA) is 73.1 Å². The molecular weight excluding hydrogens is 398 g/mol. The van der Waals surface area contributed by atoms with E-state index in [1.165, 1.54) is 11.3 Å². The average molecular weight is 424 g/mol. The highest BCUT2D eigenvalue weighted by Crippen LogP contribution is 2.29. The highest BCUT2D eigenvalue weighted by molar-refractivity contribution is 7.21. The van der Waals surface area contributed by atoms with E-state index in [-0.39, 0.29) is 5.97 Å². The fourth-order valence-corrected chi connectivity index (χ4v) is 3.44. The SMILES string of the molecule is C=C(C)C(=O)OCCCCCCOc1ccc(N=Nc2nc3ccccc3s2)cc1. The van der Waals surface area contributed by atoms with Gasteiger partial charge in [0.15, 0.2) is 0 Å². The maximum Gasteiger partial charge on any atom is 0.333 e. The van der Waals surface area contributed by atoms with Crippen molar-refractivity contribution in [1.82, 2.24) is 4.98 Å². The molecule has 3 aromatic rings. The molecule has 2 aromatic carbocycles. The molecule has 30 heavy (non-hydrogen) atoms. The van der Waals surface area contributed by atoms with Gasteiger partial charge in [0.05, 0.1) is 29.1 Å². The predicted octanol–water partition coefficient (Wildman–Crippen LogP) is 6.77. The van der Waals surface area contributed by atoms with Crippen molar-refractivity contribution in [1.29, 1.82) is 0 Å². The number of carbonyl (C=O) groups excluding carboxylic acids is 1. The van der Waals surface area contributed by atoms with E-state index >= 15 is 0 Å². The summed E-state index contributed by atoms with van der Waals surface area (Å²) in [7, 11) is 0. The maximum atomic E-state index is 11.3. The number of ether oxygens (including phenoxy) is 2. The third-order valence-electron chi connectivity index (χ3n) is 4.26. The number of rotatable bonds is 11. The van der Waals surface area contributed by atoms with Gasteiger partial charge < -0.3 is 9.47 Å². The van der Waals surface area contributed by atoms with Crippen LogP contribution in [0.15, 0.2) is 70.9 Å². The first-order valence-electron chi connectivity index (χ1n) is 9.94. The van der Waals surface area contributed by atoms with Crippen LogP contribution in [-0.2, 0) is 9.53 Å². The van der Waals surface area contributed by atoms with Gasteiger partial charge >= 0.3 is 5.97 Å². The number of unbranched alkanes of at least 4 members (excludes halogenated alkanes) is 3. The predicted molar refractivity (Wildman–Crippen MR) is 120 cm³/mol. The van der Waals surface area contributed by atoms with Crippen molar-refractivity contribution in [2.24, 2.45) is 10.2 Å². The molecule has 0 spiro atoms. The van der Waals surface area contributed by atoms with E-state index in [2.05, 4.69) is 21.8 Å². The quantitative estimate of drug-likeness (QED) is 0.148. The van der Waals surface area contributed by atoms with Gasteiger partial charge in [0.2, 0.25) is 5.13 Å². The van der Waals surface area contributed by atoms with Crippen molar-refractivity contribution in [3.63, 3.8) is 0 Å². The van der Waals surface area contributed by atoms with Gasteiger partial charge in [0.1, 0.15) is 5.75 Å². The normalized spacial score (nSPS) is 11.1. The molecule has 0 atom stereocenters. The molecule has 1 heterocycles. The molecule has 0 N–H and O–H groups in total. The minimum absolute atomic E-state index is 0.318. The molecular formula is C23H25N3O3S. The number of carbonyl (C=O) groups is 1. The molecule has 0 saturated carbocycles. The Morgan fingerprint density at radius 2 is 1.73 bits per heavy atom. The van der Waals surface area contributed by atoms with Crippen LogP contribution in [0.3, 0.4) is 0 Å². The summed E-state index contributed by atoms with van der Waals surface area (Å²) >= 11 is 1.52. The second-order valence-corrected chi connectivity index (χ2v) is 7.85. The second-order valence-electron chi connectivity index (χ2n) is 6.84. The smallest absolute Gasteiger partial charge is 0.333 e. The molecule has 0 aliphatic carbocycles. The van der Waals surface area contributed by atoms with Gasteiger partial charge in [-0.25, -0.2) is 9.78 Å². The highest BCUT2D eigenvalue weighted by Gasteiger charge is 2.03. The Morgan fingerprint density at radius 1 is 1.00 bits per heavy atom. The summed E-state index contributed by atoms with van der Waals surface area (Å²) in [5.74, 6) is 0.491. The Kier molecular flexibility index (Phi) is 8.09. The van der Waals surface area contributed by atoms with Crippen molar-refractivity contribution < 1.29 is 14.3 Å². The molecule has 1 aromatic heterocycles. The first kappa shape index (κ1) is 21.6. The number of nitrogens with zero attached hydrogens (tertiary/aromatic N) is 3. The Morgan fingerprint density at radius 3 is 2.47 bits per heavy atom. The monoisotopic (exact) mass is 423 g/mol. The second kappa shape index (κ2) is 11.2. The average Bonchev–Trinajstić information content (AvgIpc) is 3.17. The van der Waals surface area contributed by atoms with Crippen LogP contribution >= 0.6 is 11.3 Å². The molecule has 0 bridgehead atoms. The van der Waals surface area contributed by atoms with E-state index in [9.17, 15) is 4.79 Å². The summed E-state index contributed by atoms with van der Waals surface area (Å²) in [6.45, 7) is 6.30. The van der Waals surface area contributed by atoms with Crippen molar-refractivity contribution in [3.8, 4) is 5.75 Å². The lowest BCUT2D eigenvalue weighted by molar-refractivity contribution is -0.139. The van der Waals surface area contributed by atoms with E-state index in [4.69, 9.17) is 9.47 Å². The number of esters is 1. The molecule has 0 amide bonds. The lowest BCUT2D eigenvalue weighted by Crippen LogP contribution is -2.06. The zero-order valence-electron chi connectivity index (χ0n) is 17.0.